The molecule has 0 aromatic heterocycles. The van der Waals surface area contributed by atoms with Crippen LogP contribution in [0.3, 0.4) is 0 Å². The quantitative estimate of drug-likeness (QED) is 0.0336. The maximum absolute atomic E-state index is 13.2. The molecule has 440 valence electrons. The summed E-state index contributed by atoms with van der Waals surface area (Å²) in [6.45, 7) is 14.0. The van der Waals surface area contributed by atoms with E-state index in [0.717, 1.165) is 109 Å². The van der Waals surface area contributed by atoms with E-state index in [1.807, 2.05) is 0 Å². The number of rotatable bonds is 22. The molecule has 8 saturated carbocycles. The smallest absolute Gasteiger partial charge is 0.306 e. The zero-order chi connectivity index (χ0) is 55.9. The van der Waals surface area contributed by atoms with Crippen LogP contribution in [0.4, 0.5) is 0 Å². The fourth-order valence-corrected chi connectivity index (χ4v) is 20.4. The number of carbonyl (C=O) groups excluding carboxylic acids is 4. The van der Waals surface area contributed by atoms with Crippen molar-refractivity contribution in [2.24, 2.45) is 92.7 Å². The zero-order valence-corrected chi connectivity index (χ0v) is 49.1. The molecule has 8 aliphatic carbocycles. The Morgan fingerprint density at radius 2 is 0.870 bits per heavy atom. The van der Waals surface area contributed by atoms with Crippen LogP contribution in [-0.4, -0.2) is 109 Å². The molecule has 0 heterocycles. The summed E-state index contributed by atoms with van der Waals surface area (Å²) in [6.07, 6.45) is 18.9. The first kappa shape index (κ1) is 60.7. The van der Waals surface area contributed by atoms with E-state index in [9.17, 15) is 46.2 Å². The molecule has 0 unspecified atom stereocenters. The van der Waals surface area contributed by atoms with Crippen molar-refractivity contribution in [1.82, 2.24) is 10.6 Å². The molecule has 8 fully saturated rings. The minimum Gasteiger partial charge on any atom is -0.462 e. The fourth-order valence-electron chi connectivity index (χ4n) is 19.7. The largest absolute Gasteiger partial charge is 0.462 e. The lowest BCUT2D eigenvalue weighted by Gasteiger charge is -2.62. The summed E-state index contributed by atoms with van der Waals surface area (Å²) in [7, 11) is -8.25. The average molecular weight is 1120 g/mol. The zero-order valence-electron chi connectivity index (χ0n) is 47.4. The first-order valence-electron chi connectivity index (χ1n) is 30.3. The van der Waals surface area contributed by atoms with Gasteiger partial charge >= 0.3 is 11.9 Å². The molecular formula is C59H98N2O14S2. The van der Waals surface area contributed by atoms with Gasteiger partial charge in [0, 0.05) is 38.8 Å². The van der Waals surface area contributed by atoms with Crippen molar-refractivity contribution in [3.05, 3.63) is 0 Å². The first-order chi connectivity index (χ1) is 36.1. The SMILES string of the molecule is C[C@H](CCC(=O)NCCS(=O)(=O)O)[C@H]1CC[C@H]2[C@@H]3[C@@H](O)C[C@@H]4C[C@H](OC(=O)CCCCCC(=O)O[C@@H]5CC[C@@]6(C)[C@@H](C5)C[C@H](O)[C@@H]5[C@@H]6CC[C@]6(C)[C@@H]([C@H](C)CCC(=O)NCCS(=O)(=O)O)CC[C@@H]56)CC[C@]4(C)[C@H]3CC[C@]12C. The number of ether oxygens (including phenoxy) is 2. The lowest BCUT2D eigenvalue weighted by Crippen LogP contribution is -2.58. The molecule has 2 amide bonds. The molecule has 8 aliphatic rings. The van der Waals surface area contributed by atoms with E-state index in [1.165, 1.54) is 0 Å². The van der Waals surface area contributed by atoms with Crippen LogP contribution in [0.15, 0.2) is 0 Å². The lowest BCUT2D eigenvalue weighted by atomic mass is 9.43. The molecular weight excluding hydrogens is 1020 g/mol. The highest BCUT2D eigenvalue weighted by Crippen LogP contribution is 2.70. The monoisotopic (exact) mass is 1120 g/mol. The van der Waals surface area contributed by atoms with Crippen LogP contribution in [0.1, 0.15) is 202 Å². The number of nitrogens with one attached hydrogen (secondary N) is 2. The molecule has 18 heteroatoms. The standard InChI is InChI=1S/C59H98N2O14S2/c1-36(12-18-50(64)60-28-30-76(68,69)70)42-14-16-44-54-46(22-26-58(42,44)5)56(3)24-20-40(32-38(56)34-48(54)62)74-52(66)10-8-7-9-11-53(67)75-41-21-25-57(4)39(33-41)35-49(63)55-45-17-15-43(59(45,6)27-23-47(55)57)37(2)13-19-51(65)61-29-31-77(71,72)73/h36-49,54-55,62-63H,7-35H2,1-6H3,(H,60,64)(H,61,65)(H,68,69,70)(H,71,72,73)/t36-,37-,38+,39+,40-,41-,42-,43-,44+,45+,46+,47+,48+,49+,54+,55+,56+,57+,58-,59-/m1/s1. The van der Waals surface area contributed by atoms with Gasteiger partial charge in [0.05, 0.1) is 23.7 Å². The van der Waals surface area contributed by atoms with Crippen molar-refractivity contribution < 1.29 is 64.8 Å². The Labute approximate surface area is 461 Å². The van der Waals surface area contributed by atoms with Gasteiger partial charge in [-0.15, -0.1) is 0 Å². The summed E-state index contributed by atoms with van der Waals surface area (Å²) in [5, 5.41) is 29.1. The van der Waals surface area contributed by atoms with E-state index in [2.05, 4.69) is 52.2 Å². The van der Waals surface area contributed by atoms with E-state index in [-0.39, 0.29) is 94.4 Å². The van der Waals surface area contributed by atoms with Gasteiger partial charge in [0.25, 0.3) is 20.2 Å². The number of aliphatic hydroxyl groups is 2. The summed E-state index contributed by atoms with van der Waals surface area (Å²) < 4.78 is 74.4. The minimum atomic E-state index is -4.12. The Balaban J connectivity index is 0.719. The number of esters is 2. The molecule has 0 spiro atoms. The molecule has 0 aromatic carbocycles. The first-order valence-corrected chi connectivity index (χ1v) is 33.6. The van der Waals surface area contributed by atoms with Crippen LogP contribution >= 0.6 is 0 Å². The topological polar surface area (TPSA) is 260 Å². The molecule has 0 saturated heterocycles. The van der Waals surface area contributed by atoms with Gasteiger partial charge in [0.2, 0.25) is 11.8 Å². The third-order valence-electron chi connectivity index (χ3n) is 23.7. The Hall–Kier alpha value is -2.38. The minimum absolute atomic E-state index is 0.0796. The second-order valence-electron chi connectivity index (χ2n) is 27.7. The Morgan fingerprint density at radius 3 is 1.25 bits per heavy atom. The average Bonchev–Trinajstić information content (AvgIpc) is 3.96. The van der Waals surface area contributed by atoms with Crippen molar-refractivity contribution in [2.75, 3.05) is 24.6 Å². The van der Waals surface area contributed by atoms with Gasteiger partial charge < -0.3 is 30.3 Å². The highest BCUT2D eigenvalue weighted by atomic mass is 32.2. The van der Waals surface area contributed by atoms with Crippen molar-refractivity contribution in [3.63, 3.8) is 0 Å². The Bertz CT molecular complexity index is 2180. The second-order valence-corrected chi connectivity index (χ2v) is 30.8. The molecule has 0 radical (unpaired) electrons. The third kappa shape index (κ3) is 13.4. The van der Waals surface area contributed by atoms with Gasteiger partial charge in [-0.25, -0.2) is 0 Å². The highest BCUT2D eigenvalue weighted by Gasteiger charge is 2.65. The molecule has 20 atom stereocenters. The maximum atomic E-state index is 13.2. The van der Waals surface area contributed by atoms with Crippen LogP contribution in [0.2, 0.25) is 0 Å². The number of carbonyl (C=O) groups is 4. The summed E-state index contributed by atoms with van der Waals surface area (Å²) >= 11 is 0. The Kier molecular flexibility index (Phi) is 19.1. The predicted molar refractivity (Wildman–Crippen MR) is 292 cm³/mol. The molecule has 6 N–H and O–H groups in total. The number of hydrogen-bond donors (Lipinski definition) is 6. The summed E-state index contributed by atoms with van der Waals surface area (Å²) in [4.78, 5) is 51.4. The number of unbranched alkanes of at least 4 members (excludes halogenated alkanes) is 2. The normalized spacial score (nSPS) is 41.2. The van der Waals surface area contributed by atoms with Gasteiger partial charge in [0.15, 0.2) is 0 Å². The third-order valence-corrected chi connectivity index (χ3v) is 25.1. The number of hydrogen-bond acceptors (Lipinski definition) is 12. The summed E-state index contributed by atoms with van der Waals surface area (Å²) in [5.41, 5.74) is 0.325. The van der Waals surface area contributed by atoms with Crippen LogP contribution in [0.25, 0.3) is 0 Å². The van der Waals surface area contributed by atoms with Crippen LogP contribution in [-0.2, 0) is 48.9 Å². The number of fused-ring (bicyclic) bond motifs is 10. The van der Waals surface area contributed by atoms with Gasteiger partial charge in [-0.1, -0.05) is 48.0 Å². The Morgan fingerprint density at radius 1 is 0.506 bits per heavy atom. The molecule has 77 heavy (non-hydrogen) atoms. The van der Waals surface area contributed by atoms with Gasteiger partial charge in [-0.05, 0) is 221 Å². The molecule has 8 rings (SSSR count). The van der Waals surface area contributed by atoms with E-state index in [4.69, 9.17) is 18.6 Å². The van der Waals surface area contributed by atoms with E-state index in [0.29, 0.717) is 98.7 Å². The van der Waals surface area contributed by atoms with E-state index >= 15 is 0 Å². The highest BCUT2D eigenvalue weighted by molar-refractivity contribution is 7.86. The molecule has 0 aliphatic heterocycles. The van der Waals surface area contributed by atoms with Crippen LogP contribution in [0, 0.1) is 92.7 Å². The summed E-state index contributed by atoms with van der Waals surface area (Å²) in [5.74, 6) is 2.45. The number of amides is 2. The van der Waals surface area contributed by atoms with Crippen LogP contribution in [0.5, 0.6) is 0 Å². The van der Waals surface area contributed by atoms with Crippen molar-refractivity contribution in [3.8, 4) is 0 Å². The lowest BCUT2D eigenvalue weighted by molar-refractivity contribution is -0.183. The molecule has 0 aromatic rings. The summed E-state index contributed by atoms with van der Waals surface area (Å²) in [6, 6.07) is 0. The van der Waals surface area contributed by atoms with E-state index in [1.54, 1.807) is 0 Å². The number of aliphatic hydroxyl groups excluding tert-OH is 2. The van der Waals surface area contributed by atoms with Gasteiger partial charge in [-0.2, -0.15) is 16.8 Å². The maximum Gasteiger partial charge on any atom is 0.306 e. The van der Waals surface area contributed by atoms with Crippen molar-refractivity contribution >= 4 is 44.0 Å². The fraction of sp³-hybridized carbons (Fsp3) is 0.932. The van der Waals surface area contributed by atoms with Gasteiger partial charge in [-0.3, -0.25) is 28.3 Å². The van der Waals surface area contributed by atoms with Crippen molar-refractivity contribution in [2.45, 2.75) is 226 Å². The van der Waals surface area contributed by atoms with Crippen LogP contribution < -0.4 is 10.6 Å². The molecule has 16 nitrogen and oxygen atoms in total. The predicted octanol–water partition coefficient (Wildman–Crippen LogP) is 8.86. The van der Waals surface area contributed by atoms with Crippen molar-refractivity contribution in [1.29, 1.82) is 0 Å². The second kappa shape index (κ2) is 24.2. The molecule has 0 bridgehead atoms. The van der Waals surface area contributed by atoms with E-state index < -0.39 is 43.9 Å². The van der Waals surface area contributed by atoms with Gasteiger partial charge in [0.1, 0.15) is 12.2 Å².